The summed E-state index contributed by atoms with van der Waals surface area (Å²) in [6.07, 6.45) is 1.42. The van der Waals surface area contributed by atoms with Crippen molar-refractivity contribution in [1.82, 2.24) is 5.32 Å². The second-order valence-electron chi connectivity index (χ2n) is 7.56. The number of non-ortho nitro benzene ring substituents is 1. The Morgan fingerprint density at radius 1 is 1.08 bits per heavy atom. The number of benzene rings is 3. The zero-order chi connectivity index (χ0) is 26.9. The van der Waals surface area contributed by atoms with E-state index < -0.39 is 16.7 Å². The van der Waals surface area contributed by atoms with Crippen LogP contribution in [-0.2, 0) is 16.2 Å². The summed E-state index contributed by atoms with van der Waals surface area (Å²) >= 11 is 24.5. The molecule has 1 aliphatic rings. The molecule has 0 saturated carbocycles. The number of amides is 2. The van der Waals surface area contributed by atoms with Gasteiger partial charge in [0.05, 0.1) is 29.6 Å². The highest BCUT2D eigenvalue weighted by atomic mass is 79.9. The third-order valence-electron chi connectivity index (χ3n) is 5.14. The number of hydrogen-bond donors (Lipinski definition) is 1. The fraction of sp³-hybridized carbons (Fsp3) is 0.0417. The van der Waals surface area contributed by atoms with E-state index in [1.54, 1.807) is 42.5 Å². The van der Waals surface area contributed by atoms with Crippen molar-refractivity contribution in [3.8, 4) is 5.75 Å². The predicted molar refractivity (Wildman–Crippen MR) is 152 cm³/mol. The fourth-order valence-electron chi connectivity index (χ4n) is 3.38. The molecule has 4 rings (SSSR count). The molecule has 0 atom stereocenters. The van der Waals surface area contributed by atoms with E-state index in [1.165, 1.54) is 18.2 Å². The predicted octanol–water partition coefficient (Wildman–Crippen LogP) is 6.84. The van der Waals surface area contributed by atoms with Crippen molar-refractivity contribution in [3.05, 3.63) is 100 Å². The lowest BCUT2D eigenvalue weighted by Crippen LogP contribution is -2.54. The first kappa shape index (κ1) is 27.2. The molecule has 0 unspecified atom stereocenters. The molecule has 2 amide bonds. The van der Waals surface area contributed by atoms with Crippen molar-refractivity contribution in [2.24, 2.45) is 0 Å². The van der Waals surface area contributed by atoms with E-state index >= 15 is 0 Å². The van der Waals surface area contributed by atoms with Crippen molar-refractivity contribution in [2.75, 3.05) is 4.90 Å². The third-order valence-corrected chi connectivity index (χ3v) is 7.41. The Balaban J connectivity index is 1.59. The maximum absolute atomic E-state index is 13.3. The van der Waals surface area contributed by atoms with Gasteiger partial charge in [-0.25, -0.2) is 0 Å². The third kappa shape index (κ3) is 5.86. The molecule has 0 spiro atoms. The second-order valence-corrected chi connectivity index (χ2v) is 10.4. The number of halogens is 4. The van der Waals surface area contributed by atoms with Crippen LogP contribution in [0, 0.1) is 10.1 Å². The number of nitrogens with zero attached hydrogens (tertiary/aromatic N) is 2. The van der Waals surface area contributed by atoms with Crippen molar-refractivity contribution in [1.29, 1.82) is 0 Å². The summed E-state index contributed by atoms with van der Waals surface area (Å²) < 4.78 is 6.96. The molecule has 1 N–H and O–H groups in total. The lowest BCUT2D eigenvalue weighted by Gasteiger charge is -2.29. The van der Waals surface area contributed by atoms with E-state index in [2.05, 4.69) is 37.2 Å². The normalized spacial score (nSPS) is 14.6. The van der Waals surface area contributed by atoms with Crippen LogP contribution in [0.3, 0.4) is 0 Å². The topological polar surface area (TPSA) is 102 Å². The van der Waals surface area contributed by atoms with Gasteiger partial charge in [0.25, 0.3) is 17.5 Å². The van der Waals surface area contributed by atoms with Gasteiger partial charge in [-0.3, -0.25) is 29.9 Å². The number of carbonyl (C=O) groups excluding carboxylic acids is 2. The minimum Gasteiger partial charge on any atom is -0.487 e. The van der Waals surface area contributed by atoms with Gasteiger partial charge in [-0.1, -0.05) is 29.3 Å². The number of anilines is 1. The monoisotopic (exact) mass is 683 g/mol. The van der Waals surface area contributed by atoms with Crippen LogP contribution in [0.1, 0.15) is 11.1 Å². The number of nitro benzene ring substituents is 1. The van der Waals surface area contributed by atoms with Gasteiger partial charge in [-0.05, 0) is 97.7 Å². The zero-order valence-corrected chi connectivity index (χ0v) is 23.8. The first-order valence-electron chi connectivity index (χ1n) is 10.3. The first-order chi connectivity index (χ1) is 17.6. The highest BCUT2D eigenvalue weighted by Crippen LogP contribution is 2.37. The van der Waals surface area contributed by atoms with E-state index in [1.807, 2.05) is 0 Å². The van der Waals surface area contributed by atoms with E-state index in [0.717, 1.165) is 10.5 Å². The molecule has 1 saturated heterocycles. The molecule has 188 valence electrons. The SMILES string of the molecule is O=C1NC(=S)N(c2cccc(Cl)c2Cl)C(=O)/C1=C/c1cc(Br)c(OCc2ccc([N+](=O)[O-])cc2)c(Br)c1. The van der Waals surface area contributed by atoms with Crippen molar-refractivity contribution in [2.45, 2.75) is 6.61 Å². The highest BCUT2D eigenvalue weighted by molar-refractivity contribution is 9.11. The highest BCUT2D eigenvalue weighted by Gasteiger charge is 2.35. The van der Waals surface area contributed by atoms with Crippen LogP contribution >= 0.6 is 67.3 Å². The summed E-state index contributed by atoms with van der Waals surface area (Å²) in [5.41, 5.74) is 1.32. The summed E-state index contributed by atoms with van der Waals surface area (Å²) in [6.45, 7) is 0.156. The second kappa shape index (κ2) is 11.3. The smallest absolute Gasteiger partial charge is 0.270 e. The Bertz CT molecular complexity index is 1480. The molecule has 8 nitrogen and oxygen atoms in total. The number of rotatable bonds is 6. The molecule has 1 heterocycles. The van der Waals surface area contributed by atoms with Crippen molar-refractivity contribution < 1.29 is 19.2 Å². The van der Waals surface area contributed by atoms with Gasteiger partial charge in [0.2, 0.25) is 0 Å². The Morgan fingerprint density at radius 3 is 2.35 bits per heavy atom. The fourth-order valence-corrected chi connectivity index (χ4v) is 5.48. The number of ether oxygens (including phenoxy) is 1. The number of thiocarbonyl (C=S) groups is 1. The van der Waals surface area contributed by atoms with Crippen LogP contribution < -0.4 is 15.0 Å². The van der Waals surface area contributed by atoms with Gasteiger partial charge in [-0.15, -0.1) is 0 Å². The van der Waals surface area contributed by atoms with Crippen LogP contribution in [0.2, 0.25) is 10.0 Å². The summed E-state index contributed by atoms with van der Waals surface area (Å²) in [4.78, 5) is 37.4. The standard InChI is InChI=1S/C24H13Br2Cl2N3O5S/c25-16-9-13(10-17(26)21(16)36-11-12-4-6-14(7-5-12)31(34)35)8-15-22(32)29-24(37)30(23(15)33)19-3-1-2-18(27)20(19)28/h1-10H,11H2,(H,29,32,37)/b15-8+. The number of nitro groups is 1. The van der Waals surface area contributed by atoms with Crippen LogP contribution in [0.25, 0.3) is 6.08 Å². The minimum atomic E-state index is -0.663. The Morgan fingerprint density at radius 2 is 1.73 bits per heavy atom. The maximum atomic E-state index is 13.3. The molecule has 3 aromatic carbocycles. The average Bonchev–Trinajstić information content (AvgIpc) is 2.84. The van der Waals surface area contributed by atoms with Crippen LogP contribution in [0.15, 0.2) is 69.1 Å². The molecule has 0 aliphatic carbocycles. The number of carbonyl (C=O) groups is 2. The number of nitrogens with one attached hydrogen (secondary N) is 1. The van der Waals surface area contributed by atoms with E-state index in [9.17, 15) is 19.7 Å². The van der Waals surface area contributed by atoms with E-state index in [4.69, 9.17) is 40.2 Å². The molecule has 0 bridgehead atoms. The van der Waals surface area contributed by atoms with Crippen LogP contribution in [0.4, 0.5) is 11.4 Å². The van der Waals surface area contributed by atoms with E-state index in [-0.39, 0.29) is 38.7 Å². The molecular weight excluding hydrogens is 673 g/mol. The van der Waals surface area contributed by atoms with Gasteiger partial charge in [-0.2, -0.15) is 0 Å². The Labute approximate surface area is 242 Å². The average molecular weight is 686 g/mol. The largest absolute Gasteiger partial charge is 0.487 e. The van der Waals surface area contributed by atoms with Gasteiger partial charge in [0.15, 0.2) is 5.11 Å². The van der Waals surface area contributed by atoms with Crippen molar-refractivity contribution in [3.63, 3.8) is 0 Å². The quantitative estimate of drug-likeness (QED) is 0.100. The van der Waals surface area contributed by atoms with Gasteiger partial charge >= 0.3 is 0 Å². The van der Waals surface area contributed by atoms with Gasteiger partial charge in [0, 0.05) is 12.1 Å². The van der Waals surface area contributed by atoms with Crippen LogP contribution in [-0.4, -0.2) is 21.9 Å². The summed E-state index contributed by atoms with van der Waals surface area (Å²) in [7, 11) is 0. The molecule has 1 fully saturated rings. The number of hydrogen-bond acceptors (Lipinski definition) is 6. The molecular formula is C24H13Br2Cl2N3O5S. The Kier molecular flexibility index (Phi) is 8.29. The van der Waals surface area contributed by atoms with Gasteiger partial charge < -0.3 is 4.74 Å². The molecule has 37 heavy (non-hydrogen) atoms. The summed E-state index contributed by atoms with van der Waals surface area (Å²) in [6, 6.07) is 14.1. The van der Waals surface area contributed by atoms with Crippen LogP contribution in [0.5, 0.6) is 5.75 Å². The summed E-state index contributed by atoms with van der Waals surface area (Å²) in [5, 5.41) is 13.6. The lowest BCUT2D eigenvalue weighted by molar-refractivity contribution is -0.384. The molecule has 3 aromatic rings. The Hall–Kier alpha value is -2.83. The van der Waals surface area contributed by atoms with E-state index in [0.29, 0.717) is 20.3 Å². The molecule has 13 heteroatoms. The van der Waals surface area contributed by atoms with Crippen molar-refractivity contribution >= 4 is 102 Å². The summed E-state index contributed by atoms with van der Waals surface area (Å²) in [5.74, 6) is -0.854. The van der Waals surface area contributed by atoms with Gasteiger partial charge in [0.1, 0.15) is 17.9 Å². The molecule has 0 aromatic heterocycles. The lowest BCUT2D eigenvalue weighted by atomic mass is 10.1. The molecule has 0 radical (unpaired) electrons. The molecule has 1 aliphatic heterocycles. The zero-order valence-electron chi connectivity index (χ0n) is 18.3. The minimum absolute atomic E-state index is 0.0123. The first-order valence-corrected chi connectivity index (χ1v) is 13.0. The maximum Gasteiger partial charge on any atom is 0.270 e.